The molecule has 0 aliphatic heterocycles. The maximum Gasteiger partial charge on any atom is 0.222 e. The molecule has 0 bridgehead atoms. The number of ketones is 1. The van der Waals surface area contributed by atoms with Crippen LogP contribution in [0.2, 0.25) is 0 Å². The fraction of sp³-hybridized carbons (Fsp3) is 0.364. The molecule has 103 valence electrons. The number of primary amides is 1. The van der Waals surface area contributed by atoms with Gasteiger partial charge in [-0.3, -0.25) is 15.0 Å². The number of hydrogen-bond donors (Lipinski definition) is 4. The van der Waals surface area contributed by atoms with Crippen molar-refractivity contribution in [2.24, 2.45) is 11.5 Å². The summed E-state index contributed by atoms with van der Waals surface area (Å²) in [5.74, 6) is -0.687. The number of amides is 1. The van der Waals surface area contributed by atoms with Crippen LogP contribution in [0.5, 0.6) is 0 Å². The molecule has 0 saturated heterocycles. The minimum absolute atomic E-state index is 0.0812. The molecule has 0 atom stereocenters. The number of aromatic nitrogens is 1. The topological polar surface area (TPSA) is 135 Å². The Hall–Kier alpha value is -1.96. The van der Waals surface area contributed by atoms with Gasteiger partial charge in [0.25, 0.3) is 0 Å². The summed E-state index contributed by atoms with van der Waals surface area (Å²) in [6.07, 6.45) is 4.41. The summed E-state index contributed by atoms with van der Waals surface area (Å²) in [5, 5.41) is 9.96. The number of hydrogen-bond acceptors (Lipinski definition) is 5. The molecular weight excluding hydrogens is 266 g/mol. The third-order valence-electron chi connectivity index (χ3n) is 2.14. The molecule has 0 fully saturated rings. The van der Waals surface area contributed by atoms with Crippen LogP contribution in [0.3, 0.4) is 0 Å². The molecule has 1 amide bonds. The number of Topliss-reactive ketones (excluding diaryl/α,β-unsaturated/α-hetero) is 1. The minimum Gasteiger partial charge on any atom is -0.370 e. The zero-order valence-electron chi connectivity index (χ0n) is 10.3. The van der Waals surface area contributed by atoms with Gasteiger partial charge in [0, 0.05) is 24.0 Å². The van der Waals surface area contributed by atoms with E-state index in [2.05, 4.69) is 10.3 Å². The molecule has 7 nitrogen and oxygen atoms in total. The van der Waals surface area contributed by atoms with Crippen LogP contribution in [-0.2, 0) is 11.2 Å². The van der Waals surface area contributed by atoms with E-state index >= 15 is 0 Å². The lowest BCUT2D eigenvalue weighted by atomic mass is 10.2. The molecule has 0 aliphatic carbocycles. The summed E-state index contributed by atoms with van der Waals surface area (Å²) in [6.45, 7) is 0.546. The molecule has 0 unspecified atom stereocenters. The second kappa shape index (κ2) is 7.47. The van der Waals surface area contributed by atoms with Crippen LogP contribution < -0.4 is 16.8 Å². The van der Waals surface area contributed by atoms with Gasteiger partial charge >= 0.3 is 0 Å². The lowest BCUT2D eigenvalue weighted by molar-refractivity contribution is -0.117. The summed E-state index contributed by atoms with van der Waals surface area (Å²) < 4.78 is 0. The van der Waals surface area contributed by atoms with Gasteiger partial charge in [0.15, 0.2) is 16.8 Å². The van der Waals surface area contributed by atoms with Gasteiger partial charge < -0.3 is 16.8 Å². The highest BCUT2D eigenvalue weighted by molar-refractivity contribution is 7.13. The molecule has 0 aliphatic rings. The Balaban J connectivity index is 2.31. The summed E-state index contributed by atoms with van der Waals surface area (Å²) in [6, 6.07) is 0. The standard InChI is InChI=1S/C11H16N5O2S/c12-9(18)5-7-6-16-10(19-7)8(17)3-1-2-4-15-11(13)14/h3,6H,1-2,4-5H2,(H2,12,18)(H4,13,14,15). The predicted molar refractivity (Wildman–Crippen MR) is 72.8 cm³/mol. The van der Waals surface area contributed by atoms with Crippen molar-refractivity contribution in [1.29, 1.82) is 5.41 Å². The number of unbranched alkanes of at least 4 members (excludes halogenated alkanes) is 1. The summed E-state index contributed by atoms with van der Waals surface area (Å²) in [4.78, 5) is 27.1. The highest BCUT2D eigenvalue weighted by Crippen LogP contribution is 2.15. The van der Waals surface area contributed by atoms with E-state index in [1.807, 2.05) is 0 Å². The normalized spacial score (nSPS) is 10.1. The Morgan fingerprint density at radius 2 is 2.21 bits per heavy atom. The van der Waals surface area contributed by atoms with Gasteiger partial charge in [-0.15, -0.1) is 11.3 Å². The van der Waals surface area contributed by atoms with Crippen LogP contribution in [0, 0.1) is 11.8 Å². The fourth-order valence-electron chi connectivity index (χ4n) is 1.32. The van der Waals surface area contributed by atoms with E-state index in [1.54, 1.807) is 0 Å². The number of carbonyl (C=O) groups is 2. The predicted octanol–water partition coefficient (Wildman–Crippen LogP) is -0.179. The van der Waals surface area contributed by atoms with E-state index in [0.29, 0.717) is 29.3 Å². The van der Waals surface area contributed by atoms with Crippen LogP contribution in [0.4, 0.5) is 0 Å². The summed E-state index contributed by atoms with van der Waals surface area (Å²) in [7, 11) is 0. The number of guanidine groups is 1. The molecule has 0 aromatic carbocycles. The molecule has 8 heteroatoms. The molecular formula is C11H16N5O2S. The second-order valence-corrected chi connectivity index (χ2v) is 4.94. The first-order valence-corrected chi connectivity index (χ1v) is 6.49. The monoisotopic (exact) mass is 282 g/mol. The fourth-order valence-corrected chi connectivity index (χ4v) is 2.18. The second-order valence-electron chi connectivity index (χ2n) is 3.83. The lowest BCUT2D eigenvalue weighted by Crippen LogP contribution is -2.30. The van der Waals surface area contributed by atoms with Gasteiger partial charge in [0.2, 0.25) is 5.91 Å². The number of nitrogens with one attached hydrogen (secondary N) is 2. The van der Waals surface area contributed by atoms with Crippen molar-refractivity contribution in [3.05, 3.63) is 22.5 Å². The molecule has 1 aromatic rings. The highest BCUT2D eigenvalue weighted by Gasteiger charge is 2.12. The van der Waals surface area contributed by atoms with Crippen LogP contribution in [0.25, 0.3) is 0 Å². The van der Waals surface area contributed by atoms with E-state index in [1.165, 1.54) is 24.0 Å². The van der Waals surface area contributed by atoms with E-state index in [-0.39, 0.29) is 18.2 Å². The molecule has 1 rings (SSSR count). The van der Waals surface area contributed by atoms with Gasteiger partial charge in [-0.2, -0.15) is 0 Å². The summed E-state index contributed by atoms with van der Waals surface area (Å²) >= 11 is 1.18. The first-order valence-electron chi connectivity index (χ1n) is 5.67. The van der Waals surface area contributed by atoms with Crippen molar-refractivity contribution in [2.75, 3.05) is 6.54 Å². The average molecular weight is 282 g/mol. The van der Waals surface area contributed by atoms with E-state index in [4.69, 9.17) is 16.9 Å². The van der Waals surface area contributed by atoms with Crippen molar-refractivity contribution < 1.29 is 9.59 Å². The van der Waals surface area contributed by atoms with Crippen LogP contribution >= 0.6 is 11.3 Å². The number of rotatable bonds is 8. The Bertz CT molecular complexity index is 471. The maximum absolute atomic E-state index is 11.7. The zero-order chi connectivity index (χ0) is 14.3. The Morgan fingerprint density at radius 3 is 2.84 bits per heavy atom. The quantitative estimate of drug-likeness (QED) is 0.227. The molecule has 0 saturated carbocycles. The SMILES string of the molecule is N=C(N)NCCC[CH]C(=O)c1ncc(CC(N)=O)s1. The van der Waals surface area contributed by atoms with E-state index in [0.717, 1.165) is 0 Å². The van der Waals surface area contributed by atoms with Crippen molar-refractivity contribution in [1.82, 2.24) is 10.3 Å². The van der Waals surface area contributed by atoms with Crippen LogP contribution in [0.1, 0.15) is 27.5 Å². The smallest absolute Gasteiger partial charge is 0.222 e. The average Bonchev–Trinajstić information content (AvgIpc) is 2.75. The number of thiazole rings is 1. The van der Waals surface area contributed by atoms with Crippen LogP contribution in [-0.4, -0.2) is 29.2 Å². The van der Waals surface area contributed by atoms with Crippen molar-refractivity contribution in [2.45, 2.75) is 19.3 Å². The van der Waals surface area contributed by atoms with Crippen molar-refractivity contribution in [3.8, 4) is 0 Å². The molecule has 0 spiro atoms. The highest BCUT2D eigenvalue weighted by atomic mass is 32.1. The Kier molecular flexibility index (Phi) is 5.94. The summed E-state index contributed by atoms with van der Waals surface area (Å²) in [5.41, 5.74) is 10.2. The number of nitrogens with two attached hydrogens (primary N) is 2. The third kappa shape index (κ3) is 5.96. The minimum atomic E-state index is -0.443. The van der Waals surface area contributed by atoms with Gasteiger partial charge in [0.1, 0.15) is 0 Å². The van der Waals surface area contributed by atoms with Gasteiger partial charge in [-0.1, -0.05) is 0 Å². The largest absolute Gasteiger partial charge is 0.370 e. The molecule has 19 heavy (non-hydrogen) atoms. The van der Waals surface area contributed by atoms with Gasteiger partial charge in [-0.25, -0.2) is 4.98 Å². The molecule has 1 heterocycles. The third-order valence-corrected chi connectivity index (χ3v) is 3.15. The lowest BCUT2D eigenvalue weighted by Gasteiger charge is -2.01. The molecule has 1 aromatic heterocycles. The first kappa shape index (κ1) is 15.1. The van der Waals surface area contributed by atoms with Gasteiger partial charge in [0.05, 0.1) is 6.42 Å². The molecule has 1 radical (unpaired) electrons. The number of nitrogens with zero attached hydrogens (tertiary/aromatic N) is 1. The van der Waals surface area contributed by atoms with Gasteiger partial charge in [-0.05, 0) is 12.8 Å². The van der Waals surface area contributed by atoms with E-state index in [9.17, 15) is 9.59 Å². The van der Waals surface area contributed by atoms with Crippen molar-refractivity contribution in [3.63, 3.8) is 0 Å². The molecule has 6 N–H and O–H groups in total. The number of carbonyl (C=O) groups excluding carboxylic acids is 2. The van der Waals surface area contributed by atoms with Crippen molar-refractivity contribution >= 4 is 29.0 Å². The zero-order valence-corrected chi connectivity index (χ0v) is 11.1. The van der Waals surface area contributed by atoms with Crippen LogP contribution in [0.15, 0.2) is 6.20 Å². The Morgan fingerprint density at radius 1 is 1.47 bits per heavy atom. The van der Waals surface area contributed by atoms with E-state index < -0.39 is 5.91 Å². The maximum atomic E-state index is 11.7. The Labute approximate surface area is 114 Å². The first-order chi connectivity index (χ1) is 8.99.